The van der Waals surface area contributed by atoms with Gasteiger partial charge in [0.05, 0.1) is 0 Å². The zero-order chi connectivity index (χ0) is 14.4. The van der Waals surface area contributed by atoms with Gasteiger partial charge in [-0.1, -0.05) is 44.2 Å². The van der Waals surface area contributed by atoms with Gasteiger partial charge in [-0.2, -0.15) is 0 Å². The Bertz CT molecular complexity index is 389. The molecular weight excluding hydrogens is 251 g/mol. The summed E-state index contributed by atoms with van der Waals surface area (Å²) in [7, 11) is 0. The van der Waals surface area contributed by atoms with Gasteiger partial charge in [-0.05, 0) is 24.8 Å². The van der Waals surface area contributed by atoms with Crippen LogP contribution in [-0.2, 0) is 6.42 Å². The molecule has 2 nitrogen and oxygen atoms in total. The third-order valence-corrected chi connectivity index (χ3v) is 4.83. The number of nitrogens with zero attached hydrogens (tertiary/aromatic N) is 1. The van der Waals surface area contributed by atoms with Crippen molar-refractivity contribution in [1.82, 2.24) is 10.2 Å². The van der Waals surface area contributed by atoms with Crippen molar-refractivity contribution >= 4 is 0 Å². The van der Waals surface area contributed by atoms with Gasteiger partial charge in [0.15, 0.2) is 0 Å². The maximum absolute atomic E-state index is 12.9. The van der Waals surface area contributed by atoms with E-state index in [0.29, 0.717) is 12.6 Å². The lowest BCUT2D eigenvalue weighted by Crippen LogP contribution is -2.65. The summed E-state index contributed by atoms with van der Waals surface area (Å²) in [5, 5.41) is 3.68. The van der Waals surface area contributed by atoms with Gasteiger partial charge in [-0.25, -0.2) is 4.39 Å². The molecule has 0 amide bonds. The van der Waals surface area contributed by atoms with E-state index in [9.17, 15) is 4.39 Å². The first kappa shape index (κ1) is 15.5. The topological polar surface area (TPSA) is 15.3 Å². The van der Waals surface area contributed by atoms with E-state index in [1.165, 1.54) is 5.56 Å². The van der Waals surface area contributed by atoms with Gasteiger partial charge in [0.2, 0.25) is 0 Å². The highest BCUT2D eigenvalue weighted by Gasteiger charge is 2.38. The van der Waals surface area contributed by atoms with Gasteiger partial charge >= 0.3 is 0 Å². The van der Waals surface area contributed by atoms with Crippen LogP contribution in [-0.4, -0.2) is 42.8 Å². The van der Waals surface area contributed by atoms with Crippen LogP contribution in [0.5, 0.6) is 0 Å². The van der Waals surface area contributed by atoms with Crippen molar-refractivity contribution < 1.29 is 4.39 Å². The van der Waals surface area contributed by atoms with Crippen molar-refractivity contribution in [1.29, 1.82) is 0 Å². The fraction of sp³-hybridized carbons (Fsp3) is 0.647. The van der Waals surface area contributed by atoms with E-state index in [-0.39, 0.29) is 12.2 Å². The zero-order valence-electron chi connectivity index (χ0n) is 12.7. The average molecular weight is 278 g/mol. The number of benzene rings is 1. The Morgan fingerprint density at radius 3 is 2.55 bits per heavy atom. The summed E-state index contributed by atoms with van der Waals surface area (Å²) in [6, 6.07) is 11.0. The minimum Gasteiger partial charge on any atom is -0.311 e. The molecule has 1 fully saturated rings. The molecular formula is C17H27FN2. The summed E-state index contributed by atoms with van der Waals surface area (Å²) in [5.74, 6) is 0. The minimum absolute atomic E-state index is 0.138. The molecule has 20 heavy (non-hydrogen) atoms. The Hall–Kier alpha value is -0.930. The number of hydrogen-bond donors (Lipinski definition) is 1. The van der Waals surface area contributed by atoms with Gasteiger partial charge in [0.25, 0.3) is 0 Å². The summed E-state index contributed by atoms with van der Waals surface area (Å²) >= 11 is 0. The predicted molar refractivity (Wildman–Crippen MR) is 82.8 cm³/mol. The molecule has 1 unspecified atom stereocenters. The van der Waals surface area contributed by atoms with Gasteiger partial charge in [-0.15, -0.1) is 0 Å². The molecule has 1 aliphatic rings. The lowest BCUT2D eigenvalue weighted by Gasteiger charge is -2.49. The fourth-order valence-electron chi connectivity index (χ4n) is 3.38. The monoisotopic (exact) mass is 278 g/mol. The number of piperazine rings is 1. The summed E-state index contributed by atoms with van der Waals surface area (Å²) in [6.45, 7) is 6.66. The predicted octanol–water partition coefficient (Wildman–Crippen LogP) is 3.03. The maximum Gasteiger partial charge on any atom is 0.102 e. The van der Waals surface area contributed by atoms with E-state index < -0.39 is 0 Å². The highest BCUT2D eigenvalue weighted by atomic mass is 19.1. The molecule has 0 aliphatic carbocycles. The Balaban J connectivity index is 2.02. The second-order valence-corrected chi connectivity index (χ2v) is 5.83. The fourth-order valence-corrected chi connectivity index (χ4v) is 3.38. The lowest BCUT2D eigenvalue weighted by molar-refractivity contribution is 0.0271. The van der Waals surface area contributed by atoms with E-state index in [2.05, 4.69) is 48.3 Å². The van der Waals surface area contributed by atoms with Crippen LogP contribution in [0.15, 0.2) is 30.3 Å². The molecule has 1 saturated heterocycles. The molecule has 1 atom stereocenters. The third kappa shape index (κ3) is 3.39. The largest absolute Gasteiger partial charge is 0.311 e. The van der Waals surface area contributed by atoms with Crippen LogP contribution in [0.4, 0.5) is 4.39 Å². The quantitative estimate of drug-likeness (QED) is 0.860. The second kappa shape index (κ2) is 7.19. The van der Waals surface area contributed by atoms with E-state index in [1.54, 1.807) is 0 Å². The highest BCUT2D eigenvalue weighted by molar-refractivity contribution is 5.16. The number of hydrogen-bond acceptors (Lipinski definition) is 2. The first-order valence-corrected chi connectivity index (χ1v) is 7.82. The number of rotatable bonds is 6. The summed E-state index contributed by atoms with van der Waals surface area (Å²) in [5.41, 5.74) is 1.49. The molecule has 0 spiro atoms. The van der Waals surface area contributed by atoms with E-state index in [1.807, 2.05) is 6.07 Å². The zero-order valence-corrected chi connectivity index (χ0v) is 12.7. The van der Waals surface area contributed by atoms with Gasteiger partial charge < -0.3 is 5.32 Å². The van der Waals surface area contributed by atoms with Crippen molar-refractivity contribution in [2.45, 2.75) is 44.7 Å². The molecule has 1 N–H and O–H groups in total. The minimum atomic E-state index is -0.250. The van der Waals surface area contributed by atoms with E-state index in [0.717, 1.165) is 32.4 Å². The summed E-state index contributed by atoms with van der Waals surface area (Å²) < 4.78 is 12.9. The molecule has 3 heteroatoms. The molecule has 1 aromatic carbocycles. The molecule has 112 valence electrons. The van der Waals surface area contributed by atoms with Crippen LogP contribution >= 0.6 is 0 Å². The Kier molecular flexibility index (Phi) is 5.55. The van der Waals surface area contributed by atoms with Gasteiger partial charge in [0.1, 0.15) is 6.67 Å². The average Bonchev–Trinajstić information content (AvgIpc) is 2.50. The maximum atomic E-state index is 12.9. The molecule has 0 aromatic heterocycles. The Morgan fingerprint density at radius 1 is 1.25 bits per heavy atom. The molecule has 0 bridgehead atoms. The van der Waals surface area contributed by atoms with Crippen molar-refractivity contribution in [3.63, 3.8) is 0 Å². The van der Waals surface area contributed by atoms with Crippen LogP contribution in [0.25, 0.3) is 0 Å². The molecule has 0 saturated carbocycles. The number of alkyl halides is 1. The summed E-state index contributed by atoms with van der Waals surface area (Å²) in [6.07, 6.45) is 3.18. The molecule has 2 rings (SSSR count). The van der Waals surface area contributed by atoms with Crippen LogP contribution in [0.1, 0.15) is 32.3 Å². The number of halogens is 1. The molecule has 0 radical (unpaired) electrons. The third-order valence-electron chi connectivity index (χ3n) is 4.83. The smallest absolute Gasteiger partial charge is 0.102 e. The van der Waals surface area contributed by atoms with Crippen molar-refractivity contribution in [3.8, 4) is 0 Å². The van der Waals surface area contributed by atoms with Crippen molar-refractivity contribution in [3.05, 3.63) is 35.9 Å². The lowest BCUT2D eigenvalue weighted by atomic mass is 9.86. The Morgan fingerprint density at radius 2 is 1.95 bits per heavy atom. The van der Waals surface area contributed by atoms with Crippen LogP contribution < -0.4 is 5.32 Å². The van der Waals surface area contributed by atoms with Gasteiger partial charge in [0, 0.05) is 31.2 Å². The Labute approximate surface area is 122 Å². The van der Waals surface area contributed by atoms with Crippen LogP contribution in [0.3, 0.4) is 0 Å². The normalized spacial score (nSPS) is 22.9. The van der Waals surface area contributed by atoms with Crippen molar-refractivity contribution in [2.24, 2.45) is 0 Å². The van der Waals surface area contributed by atoms with Crippen LogP contribution in [0.2, 0.25) is 0 Å². The van der Waals surface area contributed by atoms with E-state index in [4.69, 9.17) is 0 Å². The van der Waals surface area contributed by atoms with Crippen LogP contribution in [0, 0.1) is 0 Å². The first-order valence-electron chi connectivity index (χ1n) is 7.82. The first-order chi connectivity index (χ1) is 9.74. The second-order valence-electron chi connectivity index (χ2n) is 5.83. The van der Waals surface area contributed by atoms with Crippen molar-refractivity contribution in [2.75, 3.05) is 26.3 Å². The standard InChI is InChI=1S/C17H27FN2/c1-3-17(4-2)14-19-16(13-20(17)11-10-18)12-15-8-6-5-7-9-15/h5-9,16,19H,3-4,10-14H2,1-2H3. The molecule has 1 aromatic rings. The summed E-state index contributed by atoms with van der Waals surface area (Å²) in [4.78, 5) is 2.37. The van der Waals surface area contributed by atoms with E-state index >= 15 is 0 Å². The SMILES string of the molecule is CCC1(CC)CNC(Cc2ccccc2)CN1CCF. The van der Waals surface area contributed by atoms with Gasteiger partial charge in [-0.3, -0.25) is 4.90 Å². The molecule has 1 aliphatic heterocycles. The number of nitrogens with one attached hydrogen (secondary N) is 1. The highest BCUT2D eigenvalue weighted by Crippen LogP contribution is 2.27. The molecule has 1 heterocycles.